The Morgan fingerprint density at radius 2 is 1.78 bits per heavy atom. The number of amides is 1. The van der Waals surface area contributed by atoms with E-state index in [0.717, 1.165) is 36.0 Å². The van der Waals surface area contributed by atoms with E-state index < -0.39 is 0 Å². The number of benzene rings is 1. The zero-order valence-corrected chi connectivity index (χ0v) is 18.0. The molecule has 7 nitrogen and oxygen atoms in total. The maximum Gasteiger partial charge on any atom is 0.253 e. The van der Waals surface area contributed by atoms with Gasteiger partial charge in [0, 0.05) is 50.3 Å². The number of ether oxygens (including phenoxy) is 1. The Hall–Kier alpha value is -3.87. The summed E-state index contributed by atoms with van der Waals surface area (Å²) in [5.41, 5.74) is 3.62. The predicted molar refractivity (Wildman–Crippen MR) is 123 cm³/mol. The van der Waals surface area contributed by atoms with Crippen molar-refractivity contribution in [2.75, 3.05) is 31.1 Å². The Bertz CT molecular complexity index is 1210. The summed E-state index contributed by atoms with van der Waals surface area (Å²) in [7, 11) is 0. The minimum Gasteiger partial charge on any atom is -0.487 e. The summed E-state index contributed by atoms with van der Waals surface area (Å²) < 4.78 is 7.88. The largest absolute Gasteiger partial charge is 0.487 e. The van der Waals surface area contributed by atoms with Gasteiger partial charge in [-0.2, -0.15) is 0 Å². The molecule has 1 amide bonds. The molecule has 32 heavy (non-hydrogen) atoms. The van der Waals surface area contributed by atoms with Gasteiger partial charge in [-0.3, -0.25) is 4.79 Å². The average molecular weight is 428 g/mol. The van der Waals surface area contributed by atoms with Crippen LogP contribution in [-0.2, 0) is 6.61 Å². The molecule has 0 unspecified atom stereocenters. The van der Waals surface area contributed by atoms with Gasteiger partial charge in [0.1, 0.15) is 23.8 Å². The van der Waals surface area contributed by atoms with Gasteiger partial charge < -0.3 is 18.9 Å². The number of piperazine rings is 1. The lowest BCUT2D eigenvalue weighted by Crippen LogP contribution is -2.49. The van der Waals surface area contributed by atoms with E-state index in [2.05, 4.69) is 21.8 Å². The number of rotatable bonds is 5. The maximum atomic E-state index is 12.9. The minimum absolute atomic E-state index is 0.0490. The number of aryl methyl sites for hydroxylation is 1. The van der Waals surface area contributed by atoms with Gasteiger partial charge in [0.25, 0.3) is 5.91 Å². The highest BCUT2D eigenvalue weighted by Gasteiger charge is 2.22. The highest BCUT2D eigenvalue weighted by atomic mass is 16.5. The van der Waals surface area contributed by atoms with Crippen LogP contribution >= 0.6 is 0 Å². The van der Waals surface area contributed by atoms with E-state index in [1.165, 1.54) is 5.56 Å². The van der Waals surface area contributed by atoms with Crippen LogP contribution in [0.25, 0.3) is 5.65 Å². The summed E-state index contributed by atoms with van der Waals surface area (Å²) in [6.45, 7) is 5.36. The first-order chi connectivity index (χ1) is 15.7. The number of hydrogen-bond donors (Lipinski definition) is 0. The van der Waals surface area contributed by atoms with Gasteiger partial charge >= 0.3 is 0 Å². The molecule has 1 aromatic carbocycles. The second-order valence-electron chi connectivity index (χ2n) is 7.98. The van der Waals surface area contributed by atoms with Crippen LogP contribution < -0.4 is 9.64 Å². The van der Waals surface area contributed by atoms with Gasteiger partial charge in [-0.05, 0) is 55.0 Å². The van der Waals surface area contributed by atoms with E-state index >= 15 is 0 Å². The normalized spacial score (nSPS) is 14.0. The van der Waals surface area contributed by atoms with Gasteiger partial charge in [0.05, 0.1) is 5.69 Å². The van der Waals surface area contributed by atoms with Crippen LogP contribution in [0.1, 0.15) is 21.6 Å². The molecule has 4 heterocycles. The van der Waals surface area contributed by atoms with E-state index in [0.29, 0.717) is 25.3 Å². The van der Waals surface area contributed by atoms with Gasteiger partial charge in [0.2, 0.25) is 0 Å². The quantitative estimate of drug-likeness (QED) is 0.487. The molecule has 4 aromatic rings. The molecule has 0 N–H and O–H groups in total. The summed E-state index contributed by atoms with van der Waals surface area (Å²) in [4.78, 5) is 26.0. The number of aromatic nitrogens is 3. The lowest BCUT2D eigenvalue weighted by Gasteiger charge is -2.35. The van der Waals surface area contributed by atoms with Crippen LogP contribution in [0.5, 0.6) is 5.75 Å². The molecule has 1 aliphatic rings. The van der Waals surface area contributed by atoms with Crippen molar-refractivity contribution in [3.8, 4) is 5.75 Å². The summed E-state index contributed by atoms with van der Waals surface area (Å²) in [6.07, 6.45) is 5.82. The van der Waals surface area contributed by atoms with Crippen LogP contribution in [0.3, 0.4) is 0 Å². The Morgan fingerprint density at radius 3 is 2.53 bits per heavy atom. The van der Waals surface area contributed by atoms with Crippen molar-refractivity contribution in [2.45, 2.75) is 13.5 Å². The molecule has 7 heteroatoms. The van der Waals surface area contributed by atoms with Gasteiger partial charge in [0.15, 0.2) is 0 Å². The van der Waals surface area contributed by atoms with E-state index in [1.807, 2.05) is 76.3 Å². The fourth-order valence-corrected chi connectivity index (χ4v) is 3.94. The molecule has 3 aromatic heterocycles. The van der Waals surface area contributed by atoms with E-state index in [-0.39, 0.29) is 5.91 Å². The molecule has 0 saturated carbocycles. The Kier molecular flexibility index (Phi) is 5.46. The molecule has 0 aliphatic carbocycles. The molecule has 1 saturated heterocycles. The second-order valence-corrected chi connectivity index (χ2v) is 7.98. The van der Waals surface area contributed by atoms with Crippen molar-refractivity contribution in [2.24, 2.45) is 0 Å². The lowest BCUT2D eigenvalue weighted by atomic mass is 10.1. The first-order valence-electron chi connectivity index (χ1n) is 10.8. The Balaban J connectivity index is 1.16. The number of nitrogens with zero attached hydrogens (tertiary/aromatic N) is 5. The van der Waals surface area contributed by atoms with E-state index in [4.69, 9.17) is 4.74 Å². The third-order valence-corrected chi connectivity index (χ3v) is 5.68. The zero-order valence-electron chi connectivity index (χ0n) is 18.0. The number of carbonyl (C=O) groups is 1. The van der Waals surface area contributed by atoms with Crippen LogP contribution in [0, 0.1) is 6.92 Å². The van der Waals surface area contributed by atoms with Crippen molar-refractivity contribution < 1.29 is 9.53 Å². The van der Waals surface area contributed by atoms with E-state index in [9.17, 15) is 4.79 Å². The third-order valence-electron chi connectivity index (χ3n) is 5.68. The van der Waals surface area contributed by atoms with Crippen molar-refractivity contribution in [1.82, 2.24) is 19.3 Å². The second kappa shape index (κ2) is 8.70. The fraction of sp³-hybridized carbons (Fsp3) is 0.240. The molecule has 162 valence electrons. The van der Waals surface area contributed by atoms with Crippen LogP contribution in [0.4, 0.5) is 5.82 Å². The fourth-order valence-electron chi connectivity index (χ4n) is 3.94. The van der Waals surface area contributed by atoms with Gasteiger partial charge in [-0.25, -0.2) is 9.97 Å². The maximum absolute atomic E-state index is 12.9. The lowest BCUT2D eigenvalue weighted by molar-refractivity contribution is 0.0746. The Morgan fingerprint density at radius 1 is 0.969 bits per heavy atom. The smallest absolute Gasteiger partial charge is 0.253 e. The summed E-state index contributed by atoms with van der Waals surface area (Å²) in [5, 5.41) is 0. The highest BCUT2D eigenvalue weighted by molar-refractivity contribution is 5.94. The Labute approximate surface area is 186 Å². The summed E-state index contributed by atoms with van der Waals surface area (Å²) in [5.74, 6) is 1.73. The molecule has 1 fully saturated rings. The average Bonchev–Trinajstić information content (AvgIpc) is 3.25. The summed E-state index contributed by atoms with van der Waals surface area (Å²) >= 11 is 0. The van der Waals surface area contributed by atoms with Crippen LogP contribution in [0.2, 0.25) is 0 Å². The standard InChI is InChI=1S/C25H25N5O2/c1-19-5-10-24-27-21(17-30(24)16-19)18-32-22-8-6-20(7-9-22)25(31)29-14-12-28(13-15-29)23-4-2-3-11-26-23/h2-11,16-17H,12-15,18H2,1H3. The van der Waals surface area contributed by atoms with Crippen molar-refractivity contribution in [3.05, 3.63) is 90.0 Å². The molecule has 0 spiro atoms. The molecular formula is C25H25N5O2. The van der Waals surface area contributed by atoms with Crippen molar-refractivity contribution >= 4 is 17.4 Å². The number of imidazole rings is 1. The van der Waals surface area contributed by atoms with Crippen molar-refractivity contribution in [3.63, 3.8) is 0 Å². The topological polar surface area (TPSA) is 63.0 Å². The van der Waals surface area contributed by atoms with Crippen molar-refractivity contribution in [1.29, 1.82) is 0 Å². The summed E-state index contributed by atoms with van der Waals surface area (Å²) in [6, 6.07) is 17.3. The van der Waals surface area contributed by atoms with Gasteiger partial charge in [-0.1, -0.05) is 12.1 Å². The number of fused-ring (bicyclic) bond motifs is 1. The van der Waals surface area contributed by atoms with Crippen LogP contribution in [-0.4, -0.2) is 51.4 Å². The monoisotopic (exact) mass is 427 g/mol. The molecule has 5 rings (SSSR count). The zero-order chi connectivity index (χ0) is 21.9. The SMILES string of the molecule is Cc1ccc2nc(COc3ccc(C(=O)N4CCN(c5ccccn5)CC4)cc3)cn2c1. The first-order valence-corrected chi connectivity index (χ1v) is 10.8. The predicted octanol–water partition coefficient (Wildman–Crippen LogP) is 3.58. The molecule has 0 atom stereocenters. The highest BCUT2D eigenvalue weighted by Crippen LogP contribution is 2.18. The first kappa shape index (κ1) is 20.1. The minimum atomic E-state index is 0.0490. The van der Waals surface area contributed by atoms with Crippen LogP contribution in [0.15, 0.2) is 73.2 Å². The number of hydrogen-bond acceptors (Lipinski definition) is 5. The third kappa shape index (κ3) is 4.27. The molecular weight excluding hydrogens is 402 g/mol. The number of pyridine rings is 2. The number of carbonyl (C=O) groups excluding carboxylic acids is 1. The molecule has 0 bridgehead atoms. The van der Waals surface area contributed by atoms with Gasteiger partial charge in [-0.15, -0.1) is 0 Å². The molecule has 1 aliphatic heterocycles. The van der Waals surface area contributed by atoms with E-state index in [1.54, 1.807) is 6.20 Å². The molecule has 0 radical (unpaired) electrons. The number of anilines is 1.